The van der Waals surface area contributed by atoms with Crippen LogP contribution in [0.5, 0.6) is 0 Å². The van der Waals surface area contributed by atoms with Gasteiger partial charge in [0.05, 0.1) is 5.69 Å². The average molecular weight is 310 g/mol. The molecule has 0 fully saturated rings. The molecule has 0 saturated heterocycles. The molecule has 2 heterocycles. The van der Waals surface area contributed by atoms with E-state index in [0.29, 0.717) is 22.5 Å². The molecule has 2 rings (SSSR count). The van der Waals surface area contributed by atoms with Gasteiger partial charge in [-0.2, -0.15) is 0 Å². The first-order valence-corrected chi connectivity index (χ1v) is 6.19. The topological polar surface area (TPSA) is 68.0 Å². The molecule has 0 aliphatic heterocycles. The lowest BCUT2D eigenvalue weighted by Gasteiger charge is -2.05. The Kier molecular flexibility index (Phi) is 3.76. The molecular weight excluding hydrogens is 298 g/mol. The van der Waals surface area contributed by atoms with Crippen molar-refractivity contribution in [3.63, 3.8) is 0 Å². The molecule has 0 atom stereocenters. The zero-order valence-corrected chi connectivity index (χ0v) is 11.6. The van der Waals surface area contributed by atoms with Gasteiger partial charge < -0.3 is 9.84 Å². The Morgan fingerprint density at radius 2 is 2.28 bits per heavy atom. The van der Waals surface area contributed by atoms with E-state index in [9.17, 15) is 4.79 Å². The SMILES string of the molecule is Cc1noc(C)c1CNC(=O)c1ncccc1Br. The molecular formula is C12H12BrN3O2. The largest absolute Gasteiger partial charge is 0.361 e. The van der Waals surface area contributed by atoms with Crippen molar-refractivity contribution in [3.05, 3.63) is 45.5 Å². The molecule has 0 unspecified atom stereocenters. The van der Waals surface area contributed by atoms with Gasteiger partial charge in [0.25, 0.3) is 5.91 Å². The zero-order valence-electron chi connectivity index (χ0n) is 10.0. The minimum atomic E-state index is -0.234. The molecule has 0 aliphatic rings. The molecule has 0 radical (unpaired) electrons. The van der Waals surface area contributed by atoms with Gasteiger partial charge in [0.15, 0.2) is 0 Å². The second kappa shape index (κ2) is 5.30. The van der Waals surface area contributed by atoms with E-state index in [1.54, 1.807) is 18.3 Å². The second-order valence-corrected chi connectivity index (χ2v) is 4.67. The summed E-state index contributed by atoms with van der Waals surface area (Å²) < 4.78 is 5.70. The molecule has 2 aromatic rings. The Morgan fingerprint density at radius 3 is 2.89 bits per heavy atom. The molecule has 6 heteroatoms. The van der Waals surface area contributed by atoms with Crippen molar-refractivity contribution in [2.24, 2.45) is 0 Å². The molecule has 0 bridgehead atoms. The van der Waals surface area contributed by atoms with Crippen molar-refractivity contribution < 1.29 is 9.32 Å². The van der Waals surface area contributed by atoms with Crippen LogP contribution in [-0.4, -0.2) is 16.0 Å². The summed E-state index contributed by atoms with van der Waals surface area (Å²) in [6, 6.07) is 3.53. The minimum absolute atomic E-state index is 0.234. The van der Waals surface area contributed by atoms with E-state index >= 15 is 0 Å². The van der Waals surface area contributed by atoms with E-state index in [1.165, 1.54) is 0 Å². The number of carbonyl (C=O) groups excluding carboxylic acids is 1. The number of rotatable bonds is 3. The number of aromatic nitrogens is 2. The number of halogens is 1. The Hall–Kier alpha value is -1.69. The molecule has 0 aliphatic carbocycles. The molecule has 0 spiro atoms. The monoisotopic (exact) mass is 309 g/mol. The van der Waals surface area contributed by atoms with Crippen LogP contribution >= 0.6 is 15.9 Å². The fourth-order valence-electron chi connectivity index (χ4n) is 1.56. The van der Waals surface area contributed by atoms with Crippen LogP contribution in [0, 0.1) is 13.8 Å². The van der Waals surface area contributed by atoms with Crippen molar-refractivity contribution in [2.75, 3.05) is 0 Å². The third kappa shape index (κ3) is 2.59. The van der Waals surface area contributed by atoms with Gasteiger partial charge in [-0.3, -0.25) is 4.79 Å². The van der Waals surface area contributed by atoms with Crippen molar-refractivity contribution in [1.82, 2.24) is 15.5 Å². The fraction of sp³-hybridized carbons (Fsp3) is 0.250. The van der Waals surface area contributed by atoms with Crippen molar-refractivity contribution in [2.45, 2.75) is 20.4 Å². The molecule has 1 amide bonds. The lowest BCUT2D eigenvalue weighted by molar-refractivity contribution is 0.0945. The van der Waals surface area contributed by atoms with Crippen LogP contribution in [0.25, 0.3) is 0 Å². The standard InChI is InChI=1S/C12H12BrN3O2/c1-7-9(8(2)18-16-7)6-15-12(17)11-10(13)4-3-5-14-11/h3-5H,6H2,1-2H3,(H,15,17). The summed E-state index contributed by atoms with van der Waals surface area (Å²) in [4.78, 5) is 16.0. The fourth-order valence-corrected chi connectivity index (χ4v) is 1.99. The summed E-state index contributed by atoms with van der Waals surface area (Å²) >= 11 is 3.29. The highest BCUT2D eigenvalue weighted by Gasteiger charge is 2.13. The van der Waals surface area contributed by atoms with Crippen LogP contribution in [0.15, 0.2) is 27.3 Å². The van der Waals surface area contributed by atoms with Crippen molar-refractivity contribution in [3.8, 4) is 0 Å². The number of carbonyl (C=O) groups is 1. The molecule has 94 valence electrons. The maximum absolute atomic E-state index is 11.9. The smallest absolute Gasteiger partial charge is 0.271 e. The van der Waals surface area contributed by atoms with E-state index in [0.717, 1.165) is 11.3 Å². The van der Waals surface area contributed by atoms with Gasteiger partial charge in [-0.1, -0.05) is 5.16 Å². The number of nitrogens with one attached hydrogen (secondary N) is 1. The number of pyridine rings is 1. The quantitative estimate of drug-likeness (QED) is 0.945. The number of nitrogens with zero attached hydrogens (tertiary/aromatic N) is 2. The third-order valence-corrected chi connectivity index (χ3v) is 3.22. The molecule has 0 saturated carbocycles. The maximum atomic E-state index is 11.9. The van der Waals surface area contributed by atoms with E-state index in [4.69, 9.17) is 4.52 Å². The van der Waals surface area contributed by atoms with Gasteiger partial charge >= 0.3 is 0 Å². The lowest BCUT2D eigenvalue weighted by Crippen LogP contribution is -2.24. The van der Waals surface area contributed by atoms with Crippen LogP contribution in [0.4, 0.5) is 0 Å². The molecule has 0 aromatic carbocycles. The Bertz CT molecular complexity index is 561. The highest BCUT2D eigenvalue weighted by Crippen LogP contribution is 2.14. The van der Waals surface area contributed by atoms with Gasteiger partial charge in [0.2, 0.25) is 0 Å². The summed E-state index contributed by atoms with van der Waals surface area (Å²) in [5.41, 5.74) is 2.05. The number of amides is 1. The number of hydrogen-bond donors (Lipinski definition) is 1. The minimum Gasteiger partial charge on any atom is -0.361 e. The first kappa shape index (κ1) is 12.8. The molecule has 1 N–H and O–H groups in total. The maximum Gasteiger partial charge on any atom is 0.271 e. The highest BCUT2D eigenvalue weighted by atomic mass is 79.9. The van der Waals surface area contributed by atoms with Crippen LogP contribution in [0.1, 0.15) is 27.5 Å². The Labute approximate surface area is 113 Å². The van der Waals surface area contributed by atoms with Gasteiger partial charge in [0, 0.05) is 22.8 Å². The number of aryl methyl sites for hydroxylation is 2. The summed E-state index contributed by atoms with van der Waals surface area (Å²) in [7, 11) is 0. The normalized spacial score (nSPS) is 10.4. The molecule has 5 nitrogen and oxygen atoms in total. The van der Waals surface area contributed by atoms with E-state index in [-0.39, 0.29) is 5.91 Å². The van der Waals surface area contributed by atoms with Gasteiger partial charge in [-0.25, -0.2) is 4.98 Å². The van der Waals surface area contributed by atoms with Crippen LogP contribution in [-0.2, 0) is 6.54 Å². The summed E-state index contributed by atoms with van der Waals surface area (Å²) in [5.74, 6) is 0.482. The summed E-state index contributed by atoms with van der Waals surface area (Å²) in [5, 5.41) is 6.63. The first-order chi connectivity index (χ1) is 8.59. The lowest BCUT2D eigenvalue weighted by atomic mass is 10.2. The highest BCUT2D eigenvalue weighted by molar-refractivity contribution is 9.10. The van der Waals surface area contributed by atoms with Crippen LogP contribution in [0.3, 0.4) is 0 Å². The average Bonchev–Trinajstić information content (AvgIpc) is 2.67. The van der Waals surface area contributed by atoms with E-state index < -0.39 is 0 Å². The predicted octanol–water partition coefficient (Wildman–Crippen LogP) is 2.38. The molecule has 18 heavy (non-hydrogen) atoms. The Balaban J connectivity index is 2.08. The Morgan fingerprint density at radius 1 is 1.50 bits per heavy atom. The predicted molar refractivity (Wildman–Crippen MR) is 69.1 cm³/mol. The van der Waals surface area contributed by atoms with Gasteiger partial charge in [0.1, 0.15) is 11.5 Å². The van der Waals surface area contributed by atoms with Crippen molar-refractivity contribution in [1.29, 1.82) is 0 Å². The van der Waals surface area contributed by atoms with Crippen LogP contribution in [0.2, 0.25) is 0 Å². The van der Waals surface area contributed by atoms with Crippen molar-refractivity contribution >= 4 is 21.8 Å². The second-order valence-electron chi connectivity index (χ2n) is 3.82. The van der Waals surface area contributed by atoms with Gasteiger partial charge in [-0.15, -0.1) is 0 Å². The van der Waals surface area contributed by atoms with Gasteiger partial charge in [-0.05, 0) is 41.9 Å². The summed E-state index contributed by atoms with van der Waals surface area (Å²) in [6.07, 6.45) is 1.58. The van der Waals surface area contributed by atoms with E-state index in [1.807, 2.05) is 13.8 Å². The van der Waals surface area contributed by atoms with Crippen LogP contribution < -0.4 is 5.32 Å². The first-order valence-electron chi connectivity index (χ1n) is 5.40. The molecule has 2 aromatic heterocycles. The zero-order chi connectivity index (χ0) is 13.1. The third-order valence-electron chi connectivity index (χ3n) is 2.58. The van der Waals surface area contributed by atoms with E-state index in [2.05, 4.69) is 31.4 Å². The summed E-state index contributed by atoms with van der Waals surface area (Å²) in [6.45, 7) is 4.04. The number of hydrogen-bond acceptors (Lipinski definition) is 4.